The van der Waals surface area contributed by atoms with E-state index >= 15 is 0 Å². The van der Waals surface area contributed by atoms with Gasteiger partial charge in [-0.15, -0.1) is 0 Å². The number of hydrogen-bond donors (Lipinski definition) is 3. The molecule has 130 valence electrons. The van der Waals surface area contributed by atoms with Crippen LogP contribution in [0.15, 0.2) is 24.3 Å². The van der Waals surface area contributed by atoms with Crippen LogP contribution in [0.3, 0.4) is 0 Å². The monoisotopic (exact) mass is 332 g/mol. The molecule has 0 atom stereocenters. The molecule has 0 saturated heterocycles. The fourth-order valence-corrected chi connectivity index (χ4v) is 2.97. The Morgan fingerprint density at radius 3 is 2.29 bits per heavy atom. The van der Waals surface area contributed by atoms with Crippen LogP contribution in [0.5, 0.6) is 5.75 Å². The highest BCUT2D eigenvalue weighted by molar-refractivity contribution is 5.89. The zero-order valence-electron chi connectivity index (χ0n) is 13.7. The van der Waals surface area contributed by atoms with E-state index in [2.05, 4.69) is 10.6 Å². The van der Waals surface area contributed by atoms with Crippen LogP contribution in [-0.2, 0) is 4.79 Å². The van der Waals surface area contributed by atoms with E-state index in [0.717, 1.165) is 12.4 Å². The molecule has 0 aromatic heterocycles. The van der Waals surface area contributed by atoms with Gasteiger partial charge in [-0.2, -0.15) is 0 Å². The number of carbonyl (C=O) groups is 2. The molecule has 6 heteroatoms. The molecule has 1 aromatic rings. The van der Waals surface area contributed by atoms with Crippen molar-refractivity contribution in [1.82, 2.24) is 5.32 Å². The van der Waals surface area contributed by atoms with Crippen molar-refractivity contribution in [3.05, 3.63) is 24.3 Å². The molecule has 0 aliphatic heterocycles. The second-order valence-corrected chi connectivity index (χ2v) is 6.76. The molecular weight excluding hydrogens is 308 g/mol. The molecule has 2 saturated carbocycles. The molecule has 2 amide bonds. The summed E-state index contributed by atoms with van der Waals surface area (Å²) in [6.07, 6.45) is 5.17. The van der Waals surface area contributed by atoms with Gasteiger partial charge in [0.05, 0.1) is 12.5 Å². The van der Waals surface area contributed by atoms with Crippen molar-refractivity contribution in [2.75, 3.05) is 11.9 Å². The van der Waals surface area contributed by atoms with Crippen molar-refractivity contribution in [3.8, 4) is 5.75 Å². The van der Waals surface area contributed by atoms with Gasteiger partial charge in [0.15, 0.2) is 0 Å². The van der Waals surface area contributed by atoms with Gasteiger partial charge >= 0.3 is 12.0 Å². The predicted octanol–water partition coefficient (Wildman–Crippen LogP) is 3.24. The third kappa shape index (κ3) is 4.88. The number of carboxylic acid groups (broad SMARTS) is 1. The number of anilines is 1. The Morgan fingerprint density at radius 2 is 1.71 bits per heavy atom. The van der Waals surface area contributed by atoms with Crippen molar-refractivity contribution in [3.63, 3.8) is 0 Å². The molecular formula is C18H24N2O4. The van der Waals surface area contributed by atoms with Gasteiger partial charge in [-0.3, -0.25) is 4.79 Å². The molecule has 3 N–H and O–H groups in total. The first-order valence-electron chi connectivity index (χ1n) is 8.63. The zero-order chi connectivity index (χ0) is 16.9. The Hall–Kier alpha value is -2.24. The Morgan fingerprint density at radius 1 is 1.04 bits per heavy atom. The summed E-state index contributed by atoms with van der Waals surface area (Å²) in [5, 5.41) is 14.7. The minimum atomic E-state index is -0.734. The van der Waals surface area contributed by atoms with E-state index in [0.29, 0.717) is 37.3 Å². The van der Waals surface area contributed by atoms with Crippen molar-refractivity contribution in [2.45, 2.75) is 44.6 Å². The average Bonchev–Trinajstić information content (AvgIpc) is 3.39. The second-order valence-electron chi connectivity index (χ2n) is 6.76. The summed E-state index contributed by atoms with van der Waals surface area (Å²) in [4.78, 5) is 23.0. The lowest BCUT2D eigenvalue weighted by Gasteiger charge is -2.26. The molecule has 0 radical (unpaired) electrons. The topological polar surface area (TPSA) is 87.7 Å². The highest BCUT2D eigenvalue weighted by Gasteiger charge is 2.26. The van der Waals surface area contributed by atoms with Gasteiger partial charge in [-0.1, -0.05) is 0 Å². The molecule has 0 heterocycles. The Balaban J connectivity index is 1.40. The first kappa shape index (κ1) is 16.6. The van der Waals surface area contributed by atoms with Gasteiger partial charge < -0.3 is 20.5 Å². The first-order valence-corrected chi connectivity index (χ1v) is 8.63. The Bertz CT molecular complexity index is 575. The molecule has 0 spiro atoms. The van der Waals surface area contributed by atoms with Crippen LogP contribution >= 0.6 is 0 Å². The van der Waals surface area contributed by atoms with E-state index < -0.39 is 5.97 Å². The summed E-state index contributed by atoms with van der Waals surface area (Å²) in [6, 6.07) is 7.15. The SMILES string of the molecule is O=C(Nc1ccc(OCC2CC2)cc1)NC1CCC(C(=O)O)CC1. The van der Waals surface area contributed by atoms with Crippen molar-refractivity contribution in [1.29, 1.82) is 0 Å². The van der Waals surface area contributed by atoms with Crippen LogP contribution in [0.4, 0.5) is 10.5 Å². The molecule has 2 fully saturated rings. The van der Waals surface area contributed by atoms with Crippen LogP contribution in [0.25, 0.3) is 0 Å². The number of nitrogens with one attached hydrogen (secondary N) is 2. The van der Waals surface area contributed by atoms with E-state index in [9.17, 15) is 9.59 Å². The Labute approximate surface area is 141 Å². The van der Waals surface area contributed by atoms with Gasteiger partial charge in [-0.05, 0) is 68.7 Å². The third-order valence-corrected chi connectivity index (χ3v) is 4.71. The van der Waals surface area contributed by atoms with Crippen molar-refractivity contribution >= 4 is 17.7 Å². The number of carbonyl (C=O) groups excluding carboxylic acids is 1. The maximum absolute atomic E-state index is 12.0. The number of aliphatic carboxylic acids is 1. The maximum atomic E-state index is 12.0. The summed E-state index contributed by atoms with van der Waals surface area (Å²) in [5.74, 6) is 0.529. The summed E-state index contributed by atoms with van der Waals surface area (Å²) in [6.45, 7) is 0.770. The zero-order valence-corrected chi connectivity index (χ0v) is 13.7. The van der Waals surface area contributed by atoms with Gasteiger partial charge in [0.1, 0.15) is 5.75 Å². The lowest BCUT2D eigenvalue weighted by Crippen LogP contribution is -2.40. The van der Waals surface area contributed by atoms with E-state index in [-0.39, 0.29) is 18.0 Å². The highest BCUT2D eigenvalue weighted by Crippen LogP contribution is 2.29. The van der Waals surface area contributed by atoms with Gasteiger partial charge in [0, 0.05) is 11.7 Å². The van der Waals surface area contributed by atoms with E-state index in [4.69, 9.17) is 9.84 Å². The minimum absolute atomic E-state index is 0.0433. The average molecular weight is 332 g/mol. The van der Waals surface area contributed by atoms with Gasteiger partial charge in [-0.25, -0.2) is 4.79 Å². The van der Waals surface area contributed by atoms with E-state index in [1.807, 2.05) is 24.3 Å². The molecule has 3 rings (SSSR count). The molecule has 1 aromatic carbocycles. The standard InChI is InChI=1S/C18H24N2O4/c21-17(22)13-3-5-14(6-4-13)19-18(23)20-15-7-9-16(10-8-15)24-11-12-1-2-12/h7-10,12-14H,1-6,11H2,(H,21,22)(H2,19,20,23). The number of benzene rings is 1. The lowest BCUT2D eigenvalue weighted by atomic mass is 9.86. The van der Waals surface area contributed by atoms with Gasteiger partial charge in [0.2, 0.25) is 0 Å². The lowest BCUT2D eigenvalue weighted by molar-refractivity contribution is -0.142. The fourth-order valence-electron chi connectivity index (χ4n) is 2.97. The molecule has 0 bridgehead atoms. The maximum Gasteiger partial charge on any atom is 0.319 e. The van der Waals surface area contributed by atoms with Crippen LogP contribution in [0.1, 0.15) is 38.5 Å². The predicted molar refractivity (Wildman–Crippen MR) is 90.2 cm³/mol. The summed E-state index contributed by atoms with van der Waals surface area (Å²) in [7, 11) is 0. The Kier molecular flexibility index (Phi) is 5.23. The van der Waals surface area contributed by atoms with Crippen LogP contribution in [0.2, 0.25) is 0 Å². The number of amides is 2. The quantitative estimate of drug-likeness (QED) is 0.746. The second kappa shape index (κ2) is 7.55. The van der Waals surface area contributed by atoms with E-state index in [1.54, 1.807) is 0 Å². The van der Waals surface area contributed by atoms with E-state index in [1.165, 1.54) is 12.8 Å². The number of ether oxygens (including phenoxy) is 1. The first-order chi connectivity index (χ1) is 11.6. The summed E-state index contributed by atoms with van der Waals surface area (Å²) in [5.41, 5.74) is 0.713. The number of urea groups is 1. The third-order valence-electron chi connectivity index (χ3n) is 4.71. The number of hydrogen-bond acceptors (Lipinski definition) is 3. The number of rotatable bonds is 6. The van der Waals surface area contributed by atoms with Crippen LogP contribution in [-0.4, -0.2) is 29.8 Å². The molecule has 0 unspecified atom stereocenters. The normalized spacial score (nSPS) is 23.3. The minimum Gasteiger partial charge on any atom is -0.493 e. The summed E-state index contributed by atoms with van der Waals surface area (Å²) >= 11 is 0. The smallest absolute Gasteiger partial charge is 0.319 e. The number of carboxylic acids is 1. The molecule has 6 nitrogen and oxygen atoms in total. The largest absolute Gasteiger partial charge is 0.493 e. The molecule has 2 aliphatic rings. The molecule has 2 aliphatic carbocycles. The van der Waals surface area contributed by atoms with Crippen molar-refractivity contribution < 1.29 is 19.4 Å². The van der Waals surface area contributed by atoms with Crippen LogP contribution in [0, 0.1) is 11.8 Å². The van der Waals surface area contributed by atoms with Crippen LogP contribution < -0.4 is 15.4 Å². The van der Waals surface area contributed by atoms with Crippen molar-refractivity contribution in [2.24, 2.45) is 11.8 Å². The fraction of sp³-hybridized carbons (Fsp3) is 0.556. The molecule has 24 heavy (non-hydrogen) atoms. The van der Waals surface area contributed by atoms with Gasteiger partial charge in [0.25, 0.3) is 0 Å². The summed E-state index contributed by atoms with van der Waals surface area (Å²) < 4.78 is 5.66. The highest BCUT2D eigenvalue weighted by atomic mass is 16.5.